The largest absolute Gasteiger partial charge is 0.472 e. The summed E-state index contributed by atoms with van der Waals surface area (Å²) in [4.78, 5) is 22.5. The van der Waals surface area contributed by atoms with Gasteiger partial charge in [0, 0.05) is 13.0 Å². The third-order valence-electron chi connectivity index (χ3n) is 7.54. The van der Waals surface area contributed by atoms with Crippen molar-refractivity contribution in [2.24, 2.45) is 5.73 Å². The quantitative estimate of drug-likeness (QED) is 0.0306. The van der Waals surface area contributed by atoms with Gasteiger partial charge in [-0.15, -0.1) is 0 Å². The molecule has 1 amide bonds. The maximum Gasteiger partial charge on any atom is 0.472 e. The second-order valence-corrected chi connectivity index (χ2v) is 13.5. The van der Waals surface area contributed by atoms with Crippen LogP contribution in [-0.2, 0) is 18.4 Å². The number of aliphatic hydroxyl groups excluding tert-OH is 1. The number of nitrogens with two attached hydrogens (primary N) is 1. The molecule has 9 heteroatoms. The van der Waals surface area contributed by atoms with Crippen LogP contribution in [0.4, 0.5) is 0 Å². The van der Waals surface area contributed by atoms with E-state index in [-0.39, 0.29) is 32.1 Å². The first kappa shape index (κ1) is 45.9. The number of phosphoric acid groups is 1. The summed E-state index contributed by atoms with van der Waals surface area (Å²) in [7, 11) is -4.35. The lowest BCUT2D eigenvalue weighted by Gasteiger charge is -2.23. The highest BCUT2D eigenvalue weighted by molar-refractivity contribution is 7.47. The Hall–Kier alpha value is -2.06. The fourth-order valence-corrected chi connectivity index (χ4v) is 5.51. The van der Waals surface area contributed by atoms with Crippen molar-refractivity contribution in [1.82, 2.24) is 5.32 Å². The summed E-state index contributed by atoms with van der Waals surface area (Å²) >= 11 is 0. The summed E-state index contributed by atoms with van der Waals surface area (Å²) in [5.41, 5.74) is 5.34. The van der Waals surface area contributed by atoms with Crippen LogP contribution in [0.2, 0.25) is 0 Å². The zero-order valence-electron chi connectivity index (χ0n) is 30.2. The molecule has 0 aromatic rings. The number of aliphatic hydroxyl groups is 1. The fraction of sp³-hybridized carbons (Fsp3) is 0.667. The number of allylic oxidation sites excluding steroid dienone is 11. The Balaban J connectivity index is 4.46. The average molecular weight is 693 g/mol. The molecule has 0 aromatic carbocycles. The van der Waals surface area contributed by atoms with Gasteiger partial charge in [0.2, 0.25) is 5.91 Å². The number of carbonyl (C=O) groups excluding carboxylic acids is 1. The maximum atomic E-state index is 12.7. The molecule has 0 aliphatic carbocycles. The van der Waals surface area contributed by atoms with Crippen molar-refractivity contribution in [3.05, 3.63) is 72.9 Å². The molecule has 0 spiro atoms. The van der Waals surface area contributed by atoms with Crippen LogP contribution >= 0.6 is 7.82 Å². The molecule has 48 heavy (non-hydrogen) atoms. The topological polar surface area (TPSA) is 131 Å². The van der Waals surface area contributed by atoms with E-state index in [9.17, 15) is 19.4 Å². The molecule has 8 nitrogen and oxygen atoms in total. The number of phosphoric ester groups is 1. The summed E-state index contributed by atoms with van der Waals surface area (Å²) in [6.45, 7) is 3.93. The number of hydrogen-bond donors (Lipinski definition) is 4. The molecule has 0 aliphatic heterocycles. The summed E-state index contributed by atoms with van der Waals surface area (Å²) < 4.78 is 22.0. The third kappa shape index (κ3) is 32.5. The van der Waals surface area contributed by atoms with Gasteiger partial charge in [0.15, 0.2) is 0 Å². The van der Waals surface area contributed by atoms with E-state index in [1.165, 1.54) is 51.4 Å². The molecule has 0 radical (unpaired) electrons. The standard InChI is InChI=1S/C39H69N2O6P/c1-3-5-7-9-11-13-15-17-18-19-20-21-23-25-27-29-31-33-39(43)41-37(36-47-48(44,45)46-35-34-40)38(42)32-30-28-26-24-22-16-14-12-10-8-6-4-2/h5,7,11,13,17-18,20-21,25,27,30,32,37-38,42H,3-4,6,8-10,12,14-16,19,22-24,26,28-29,31,33-36,40H2,1-2H3,(H,41,43)(H,44,45)/b7-5-,13-11-,18-17-,21-20-,27-25-,32-30+. The molecule has 276 valence electrons. The first-order valence-electron chi connectivity index (χ1n) is 18.6. The maximum absolute atomic E-state index is 12.7. The summed E-state index contributed by atoms with van der Waals surface area (Å²) in [5.74, 6) is -0.256. The second kappa shape index (κ2) is 34.8. The van der Waals surface area contributed by atoms with Crippen molar-refractivity contribution < 1.29 is 28.4 Å². The van der Waals surface area contributed by atoms with E-state index >= 15 is 0 Å². The SMILES string of the molecule is CC/C=C\C/C=C\C/C=C\C/C=C\C/C=C\CCCC(=O)NC(COP(=O)(O)OCCN)C(O)/C=C/CCCCCCCCCCCC. The highest BCUT2D eigenvalue weighted by Crippen LogP contribution is 2.43. The normalized spacial score (nSPS) is 15.2. The van der Waals surface area contributed by atoms with Crippen LogP contribution in [0.25, 0.3) is 0 Å². The van der Waals surface area contributed by atoms with Gasteiger partial charge in [-0.2, -0.15) is 0 Å². The highest BCUT2D eigenvalue weighted by Gasteiger charge is 2.26. The molecule has 0 saturated carbocycles. The molecule has 0 fully saturated rings. The Kier molecular flexibility index (Phi) is 33.3. The van der Waals surface area contributed by atoms with E-state index in [0.29, 0.717) is 6.42 Å². The van der Waals surface area contributed by atoms with Crippen LogP contribution in [-0.4, -0.2) is 47.8 Å². The molecule has 0 heterocycles. The highest BCUT2D eigenvalue weighted by atomic mass is 31.2. The smallest absolute Gasteiger partial charge is 0.387 e. The molecule has 5 N–H and O–H groups in total. The summed E-state index contributed by atoms with van der Waals surface area (Å²) in [5, 5.41) is 13.5. The Bertz CT molecular complexity index is 976. The number of rotatable bonds is 33. The van der Waals surface area contributed by atoms with E-state index in [0.717, 1.165) is 57.8 Å². The van der Waals surface area contributed by atoms with Gasteiger partial charge in [0.05, 0.1) is 25.4 Å². The van der Waals surface area contributed by atoms with Crippen LogP contribution < -0.4 is 11.1 Å². The van der Waals surface area contributed by atoms with E-state index in [4.69, 9.17) is 14.8 Å². The van der Waals surface area contributed by atoms with Gasteiger partial charge < -0.3 is 21.1 Å². The molecular weight excluding hydrogens is 623 g/mol. The van der Waals surface area contributed by atoms with Crippen molar-refractivity contribution in [2.45, 2.75) is 148 Å². The first-order chi connectivity index (χ1) is 23.4. The van der Waals surface area contributed by atoms with Gasteiger partial charge in [-0.05, 0) is 57.8 Å². The zero-order valence-corrected chi connectivity index (χ0v) is 31.1. The van der Waals surface area contributed by atoms with Gasteiger partial charge in [0.1, 0.15) is 0 Å². The number of nitrogens with one attached hydrogen (secondary N) is 1. The third-order valence-corrected chi connectivity index (χ3v) is 8.52. The molecule has 0 aromatic heterocycles. The average Bonchev–Trinajstić information content (AvgIpc) is 3.07. The lowest BCUT2D eigenvalue weighted by atomic mass is 10.1. The van der Waals surface area contributed by atoms with E-state index in [1.54, 1.807) is 6.08 Å². The molecule has 0 saturated heterocycles. The number of carbonyl (C=O) groups is 1. The Morgan fingerprint density at radius 1 is 0.708 bits per heavy atom. The van der Waals surface area contributed by atoms with Gasteiger partial charge >= 0.3 is 7.82 Å². The molecule has 3 unspecified atom stereocenters. The Morgan fingerprint density at radius 3 is 1.75 bits per heavy atom. The lowest BCUT2D eigenvalue weighted by molar-refractivity contribution is -0.122. The van der Waals surface area contributed by atoms with Crippen LogP contribution in [0.15, 0.2) is 72.9 Å². The van der Waals surface area contributed by atoms with Crippen molar-refractivity contribution in [2.75, 3.05) is 19.8 Å². The first-order valence-corrected chi connectivity index (χ1v) is 20.1. The second-order valence-electron chi connectivity index (χ2n) is 12.0. The van der Waals surface area contributed by atoms with Crippen LogP contribution in [0, 0.1) is 0 Å². The van der Waals surface area contributed by atoms with E-state index < -0.39 is 20.0 Å². The predicted octanol–water partition coefficient (Wildman–Crippen LogP) is 9.71. The molecular formula is C39H69N2O6P. The minimum absolute atomic E-state index is 0.0658. The summed E-state index contributed by atoms with van der Waals surface area (Å²) in [6.07, 6.45) is 43.8. The van der Waals surface area contributed by atoms with Crippen LogP contribution in [0.5, 0.6) is 0 Å². The van der Waals surface area contributed by atoms with Gasteiger partial charge in [-0.1, -0.05) is 145 Å². The van der Waals surface area contributed by atoms with Gasteiger partial charge in [-0.3, -0.25) is 13.8 Å². The molecule has 3 atom stereocenters. The molecule has 0 aliphatic rings. The zero-order chi connectivity index (χ0) is 35.4. The minimum Gasteiger partial charge on any atom is -0.387 e. The minimum atomic E-state index is -4.35. The van der Waals surface area contributed by atoms with Crippen molar-refractivity contribution in [3.8, 4) is 0 Å². The van der Waals surface area contributed by atoms with E-state index in [1.807, 2.05) is 6.08 Å². The van der Waals surface area contributed by atoms with Crippen LogP contribution in [0.3, 0.4) is 0 Å². The predicted molar refractivity (Wildman–Crippen MR) is 203 cm³/mol. The Labute approximate surface area is 293 Å². The number of unbranched alkanes of at least 4 members (excludes halogenated alkanes) is 11. The number of amides is 1. The van der Waals surface area contributed by atoms with Crippen molar-refractivity contribution in [1.29, 1.82) is 0 Å². The fourth-order valence-electron chi connectivity index (χ4n) is 4.75. The molecule has 0 rings (SSSR count). The lowest BCUT2D eigenvalue weighted by Crippen LogP contribution is -2.45. The molecule has 0 bridgehead atoms. The monoisotopic (exact) mass is 692 g/mol. The van der Waals surface area contributed by atoms with Crippen molar-refractivity contribution >= 4 is 13.7 Å². The summed E-state index contributed by atoms with van der Waals surface area (Å²) in [6, 6.07) is -0.892. The van der Waals surface area contributed by atoms with E-state index in [2.05, 4.69) is 79.9 Å². The number of hydrogen-bond acceptors (Lipinski definition) is 6. The van der Waals surface area contributed by atoms with Gasteiger partial charge in [-0.25, -0.2) is 4.57 Å². The van der Waals surface area contributed by atoms with Crippen LogP contribution in [0.1, 0.15) is 136 Å². The van der Waals surface area contributed by atoms with Crippen molar-refractivity contribution in [3.63, 3.8) is 0 Å². The Morgan fingerprint density at radius 2 is 1.21 bits per heavy atom. The van der Waals surface area contributed by atoms with Gasteiger partial charge in [0.25, 0.3) is 0 Å².